The van der Waals surface area contributed by atoms with Gasteiger partial charge in [0.15, 0.2) is 10.8 Å². The lowest BCUT2D eigenvalue weighted by molar-refractivity contribution is 0.0691. The number of anilines is 1. The fourth-order valence-corrected chi connectivity index (χ4v) is 3.34. The molecule has 104 valence electrons. The molecule has 0 spiro atoms. The Labute approximate surface area is 127 Å². The van der Waals surface area contributed by atoms with Crippen molar-refractivity contribution in [3.63, 3.8) is 0 Å². The molecule has 0 saturated carbocycles. The van der Waals surface area contributed by atoms with Crippen molar-refractivity contribution >= 4 is 38.4 Å². The number of carboxylic acid groups (broad SMARTS) is 1. The molecule has 0 bridgehead atoms. The van der Waals surface area contributed by atoms with Crippen molar-refractivity contribution in [1.29, 1.82) is 0 Å². The molecular weight excluding hydrogens is 344 g/mol. The average Bonchev–Trinajstić information content (AvgIpc) is 3.04. The fourth-order valence-electron chi connectivity index (χ4n) is 2.10. The van der Waals surface area contributed by atoms with Crippen LogP contribution in [0.15, 0.2) is 22.0 Å². The Kier molecular flexibility index (Phi) is 3.62. The van der Waals surface area contributed by atoms with Gasteiger partial charge in [-0.1, -0.05) is 15.9 Å². The molecule has 0 unspecified atom stereocenters. The van der Waals surface area contributed by atoms with E-state index in [0.717, 1.165) is 22.2 Å². The van der Waals surface area contributed by atoms with E-state index in [1.54, 1.807) is 0 Å². The predicted octanol–water partition coefficient (Wildman–Crippen LogP) is 3.15. The summed E-state index contributed by atoms with van der Waals surface area (Å²) in [7, 11) is 0. The van der Waals surface area contributed by atoms with Gasteiger partial charge in [0.05, 0.1) is 6.61 Å². The van der Waals surface area contributed by atoms with Crippen molar-refractivity contribution in [2.45, 2.75) is 13.0 Å². The van der Waals surface area contributed by atoms with Crippen LogP contribution in [0, 0.1) is 0 Å². The molecule has 0 aliphatic carbocycles. The highest BCUT2D eigenvalue weighted by Gasteiger charge is 2.17. The summed E-state index contributed by atoms with van der Waals surface area (Å²) in [5, 5.41) is 14.1. The maximum Gasteiger partial charge on any atom is 0.355 e. The number of rotatable bonds is 4. The van der Waals surface area contributed by atoms with Crippen LogP contribution in [0.4, 0.5) is 5.13 Å². The third-order valence-corrected chi connectivity index (χ3v) is 4.24. The van der Waals surface area contributed by atoms with Crippen LogP contribution in [0.5, 0.6) is 5.75 Å². The van der Waals surface area contributed by atoms with Crippen molar-refractivity contribution in [3.05, 3.63) is 38.8 Å². The number of benzene rings is 1. The highest BCUT2D eigenvalue weighted by atomic mass is 79.9. The van der Waals surface area contributed by atoms with Gasteiger partial charge >= 0.3 is 5.97 Å². The lowest BCUT2D eigenvalue weighted by Gasteiger charge is -2.09. The zero-order chi connectivity index (χ0) is 14.1. The maximum atomic E-state index is 10.8. The van der Waals surface area contributed by atoms with Crippen LogP contribution in [-0.4, -0.2) is 22.7 Å². The van der Waals surface area contributed by atoms with E-state index < -0.39 is 5.97 Å². The molecule has 0 amide bonds. The summed E-state index contributed by atoms with van der Waals surface area (Å²) in [4.78, 5) is 14.8. The van der Waals surface area contributed by atoms with Gasteiger partial charge in [-0.15, -0.1) is 11.3 Å². The second-order valence-electron chi connectivity index (χ2n) is 4.35. The van der Waals surface area contributed by atoms with E-state index in [2.05, 4.69) is 32.3 Å². The van der Waals surface area contributed by atoms with Crippen molar-refractivity contribution in [1.82, 2.24) is 4.98 Å². The Morgan fingerprint density at radius 3 is 3.15 bits per heavy atom. The molecule has 5 nitrogen and oxygen atoms in total. The van der Waals surface area contributed by atoms with E-state index in [1.807, 2.05) is 6.07 Å². The van der Waals surface area contributed by atoms with Gasteiger partial charge in [-0.25, -0.2) is 9.78 Å². The van der Waals surface area contributed by atoms with Gasteiger partial charge in [0.2, 0.25) is 0 Å². The Balaban J connectivity index is 1.76. The van der Waals surface area contributed by atoms with E-state index in [1.165, 1.54) is 22.3 Å². The van der Waals surface area contributed by atoms with Crippen LogP contribution in [0.25, 0.3) is 0 Å². The van der Waals surface area contributed by atoms with E-state index >= 15 is 0 Å². The van der Waals surface area contributed by atoms with Gasteiger partial charge in [-0.3, -0.25) is 0 Å². The summed E-state index contributed by atoms with van der Waals surface area (Å²) in [6.07, 6.45) is 0.919. The second kappa shape index (κ2) is 5.41. The largest absolute Gasteiger partial charge is 0.493 e. The molecule has 7 heteroatoms. The molecular formula is C13H11BrN2O3S. The standard InChI is InChI=1S/C13H11BrN2O3S/c14-9-3-7-1-2-19-11(7)8(4-9)5-15-13-16-10(6-20-13)12(17)18/h3-4,6H,1-2,5H2,(H,15,16)(H,17,18). The highest BCUT2D eigenvalue weighted by Crippen LogP contribution is 2.33. The number of halogens is 1. The van der Waals surface area contributed by atoms with Crippen molar-refractivity contribution < 1.29 is 14.6 Å². The molecule has 2 N–H and O–H groups in total. The van der Waals surface area contributed by atoms with E-state index in [4.69, 9.17) is 9.84 Å². The van der Waals surface area contributed by atoms with Gasteiger partial charge < -0.3 is 15.2 Å². The monoisotopic (exact) mass is 354 g/mol. The van der Waals surface area contributed by atoms with Crippen LogP contribution in [0.3, 0.4) is 0 Å². The quantitative estimate of drug-likeness (QED) is 0.882. The van der Waals surface area contributed by atoms with Crippen LogP contribution >= 0.6 is 27.3 Å². The number of fused-ring (bicyclic) bond motifs is 1. The SMILES string of the molecule is O=C(O)c1csc(NCc2cc(Br)cc3c2OCC3)n1. The summed E-state index contributed by atoms with van der Waals surface area (Å²) in [6.45, 7) is 1.26. The first kappa shape index (κ1) is 13.4. The fraction of sp³-hybridized carbons (Fsp3) is 0.231. The minimum absolute atomic E-state index is 0.0632. The van der Waals surface area contributed by atoms with Crippen LogP contribution in [-0.2, 0) is 13.0 Å². The Hall–Kier alpha value is -1.60. The molecule has 20 heavy (non-hydrogen) atoms. The predicted molar refractivity (Wildman–Crippen MR) is 79.7 cm³/mol. The summed E-state index contributed by atoms with van der Waals surface area (Å²) in [5.41, 5.74) is 2.30. The molecule has 0 atom stereocenters. The number of nitrogens with zero attached hydrogens (tertiary/aromatic N) is 1. The number of thiazole rings is 1. The molecule has 2 aromatic rings. The van der Waals surface area contributed by atoms with Crippen molar-refractivity contribution in [3.8, 4) is 5.75 Å². The smallest absolute Gasteiger partial charge is 0.355 e. The molecule has 1 aliphatic heterocycles. The van der Waals surface area contributed by atoms with Crippen LogP contribution in [0.2, 0.25) is 0 Å². The van der Waals surface area contributed by atoms with Crippen LogP contribution in [0.1, 0.15) is 21.6 Å². The Bertz CT molecular complexity index is 672. The first-order chi connectivity index (χ1) is 9.63. The summed E-state index contributed by atoms with van der Waals surface area (Å²) in [5.74, 6) is -0.0864. The third-order valence-electron chi connectivity index (χ3n) is 2.98. The summed E-state index contributed by atoms with van der Waals surface area (Å²) in [6, 6.07) is 4.07. The number of nitrogens with one attached hydrogen (secondary N) is 1. The molecule has 3 rings (SSSR count). The molecule has 1 aromatic heterocycles. The van der Waals surface area contributed by atoms with E-state index in [-0.39, 0.29) is 5.69 Å². The van der Waals surface area contributed by atoms with Gasteiger partial charge in [0.1, 0.15) is 5.75 Å². The number of aromatic carboxylic acids is 1. The summed E-state index contributed by atoms with van der Waals surface area (Å²) < 4.78 is 6.66. The normalized spacial score (nSPS) is 12.8. The topological polar surface area (TPSA) is 71.5 Å². The number of ether oxygens (including phenoxy) is 1. The lowest BCUT2D eigenvalue weighted by atomic mass is 10.1. The maximum absolute atomic E-state index is 10.8. The zero-order valence-corrected chi connectivity index (χ0v) is 12.8. The van der Waals surface area contributed by atoms with Crippen molar-refractivity contribution in [2.75, 3.05) is 11.9 Å². The highest BCUT2D eigenvalue weighted by molar-refractivity contribution is 9.10. The first-order valence-electron chi connectivity index (χ1n) is 6.00. The van der Waals surface area contributed by atoms with Gasteiger partial charge in [0, 0.05) is 28.4 Å². The molecule has 1 aliphatic rings. The van der Waals surface area contributed by atoms with Crippen molar-refractivity contribution in [2.24, 2.45) is 0 Å². The molecule has 0 radical (unpaired) electrons. The summed E-state index contributed by atoms with van der Waals surface area (Å²) >= 11 is 4.77. The van der Waals surface area contributed by atoms with E-state index in [0.29, 0.717) is 18.3 Å². The lowest BCUT2D eigenvalue weighted by Crippen LogP contribution is -2.02. The first-order valence-corrected chi connectivity index (χ1v) is 7.67. The van der Waals surface area contributed by atoms with Gasteiger partial charge in [0.25, 0.3) is 0 Å². The Morgan fingerprint density at radius 2 is 2.40 bits per heavy atom. The number of carboxylic acids is 1. The molecule has 0 fully saturated rings. The number of carbonyl (C=O) groups is 1. The zero-order valence-electron chi connectivity index (χ0n) is 10.4. The molecule has 2 heterocycles. The number of aromatic nitrogens is 1. The minimum Gasteiger partial charge on any atom is -0.493 e. The Morgan fingerprint density at radius 1 is 1.55 bits per heavy atom. The van der Waals surface area contributed by atoms with Gasteiger partial charge in [-0.05, 0) is 17.7 Å². The second-order valence-corrected chi connectivity index (χ2v) is 6.12. The van der Waals surface area contributed by atoms with Gasteiger partial charge in [-0.2, -0.15) is 0 Å². The number of hydrogen-bond donors (Lipinski definition) is 2. The number of hydrogen-bond acceptors (Lipinski definition) is 5. The molecule has 1 aromatic carbocycles. The average molecular weight is 355 g/mol. The van der Waals surface area contributed by atoms with Crippen LogP contribution < -0.4 is 10.1 Å². The third kappa shape index (κ3) is 2.64. The minimum atomic E-state index is -1.01. The molecule has 0 saturated heterocycles. The van der Waals surface area contributed by atoms with E-state index in [9.17, 15) is 4.79 Å².